The quantitative estimate of drug-likeness (QED) is 0.800. The van der Waals surface area contributed by atoms with Gasteiger partial charge >= 0.3 is 0 Å². The molecule has 2 aromatic heterocycles. The highest BCUT2D eigenvalue weighted by molar-refractivity contribution is 6.31. The van der Waals surface area contributed by atoms with Crippen molar-refractivity contribution in [3.8, 4) is 0 Å². The molecule has 0 aliphatic rings. The molecule has 0 aliphatic heterocycles. The Morgan fingerprint density at radius 2 is 2.13 bits per heavy atom. The Hall–Kier alpha value is -2.60. The molecule has 1 amide bonds. The lowest BCUT2D eigenvalue weighted by Crippen LogP contribution is -2.12. The summed E-state index contributed by atoms with van der Waals surface area (Å²) in [6.07, 6.45) is 3.17. The summed E-state index contributed by atoms with van der Waals surface area (Å²) in [7, 11) is 1.76. The number of carbonyl (C=O) groups excluding carboxylic acids is 1. The van der Waals surface area contributed by atoms with Crippen LogP contribution < -0.4 is 5.32 Å². The predicted octanol–water partition coefficient (Wildman–Crippen LogP) is 2.88. The van der Waals surface area contributed by atoms with E-state index in [2.05, 4.69) is 15.5 Å². The Kier molecular flexibility index (Phi) is 4.16. The van der Waals surface area contributed by atoms with Crippen LogP contribution in [-0.2, 0) is 13.6 Å². The van der Waals surface area contributed by atoms with E-state index >= 15 is 0 Å². The Morgan fingerprint density at radius 3 is 2.83 bits per heavy atom. The molecule has 0 spiro atoms. The monoisotopic (exact) mass is 329 g/mol. The van der Waals surface area contributed by atoms with Crippen molar-refractivity contribution in [3.63, 3.8) is 0 Å². The highest BCUT2D eigenvalue weighted by Gasteiger charge is 2.12. The van der Waals surface area contributed by atoms with Crippen molar-refractivity contribution in [1.29, 1.82) is 0 Å². The minimum absolute atomic E-state index is 0.236. The molecule has 1 N–H and O–H groups in total. The molecular formula is C16H16ClN5O. The number of anilines is 1. The van der Waals surface area contributed by atoms with E-state index in [4.69, 9.17) is 11.6 Å². The van der Waals surface area contributed by atoms with Crippen LogP contribution in [0.2, 0.25) is 5.02 Å². The topological polar surface area (TPSA) is 64.7 Å². The van der Waals surface area contributed by atoms with Gasteiger partial charge in [-0.05, 0) is 18.6 Å². The number of benzene rings is 1. The van der Waals surface area contributed by atoms with E-state index in [1.165, 1.54) is 6.20 Å². The summed E-state index contributed by atoms with van der Waals surface area (Å²) in [5, 5.41) is 11.9. The summed E-state index contributed by atoms with van der Waals surface area (Å²) in [5.41, 5.74) is 2.41. The molecule has 7 heteroatoms. The SMILES string of the molecule is Cc1cc(NC(=O)c2cnn(C)c2)nn1Cc1ccccc1Cl. The maximum atomic E-state index is 12.1. The molecule has 6 nitrogen and oxygen atoms in total. The molecule has 118 valence electrons. The van der Waals surface area contributed by atoms with Gasteiger partial charge in [-0.3, -0.25) is 14.2 Å². The Bertz CT molecular complexity index is 852. The van der Waals surface area contributed by atoms with Gasteiger partial charge in [-0.1, -0.05) is 29.8 Å². The second-order valence-electron chi connectivity index (χ2n) is 5.28. The molecule has 0 radical (unpaired) electrons. The maximum absolute atomic E-state index is 12.1. The van der Waals surface area contributed by atoms with Gasteiger partial charge in [0.05, 0.1) is 18.3 Å². The number of hydrogen-bond donors (Lipinski definition) is 1. The van der Waals surface area contributed by atoms with Gasteiger partial charge in [-0.2, -0.15) is 10.2 Å². The van der Waals surface area contributed by atoms with E-state index in [0.717, 1.165) is 11.3 Å². The van der Waals surface area contributed by atoms with E-state index < -0.39 is 0 Å². The normalized spacial score (nSPS) is 10.7. The highest BCUT2D eigenvalue weighted by atomic mass is 35.5. The van der Waals surface area contributed by atoms with Crippen LogP contribution in [0, 0.1) is 6.92 Å². The first-order valence-corrected chi connectivity index (χ1v) is 7.48. The van der Waals surface area contributed by atoms with Crippen molar-refractivity contribution < 1.29 is 4.79 Å². The number of nitrogens with one attached hydrogen (secondary N) is 1. The summed E-state index contributed by atoms with van der Waals surface area (Å²) in [4.78, 5) is 12.1. The van der Waals surface area contributed by atoms with Crippen molar-refractivity contribution in [2.24, 2.45) is 7.05 Å². The van der Waals surface area contributed by atoms with Crippen molar-refractivity contribution in [2.75, 3.05) is 5.32 Å². The van der Waals surface area contributed by atoms with Crippen molar-refractivity contribution in [3.05, 3.63) is 64.6 Å². The smallest absolute Gasteiger partial charge is 0.260 e. The van der Waals surface area contributed by atoms with Crippen LogP contribution in [0.1, 0.15) is 21.6 Å². The minimum Gasteiger partial charge on any atom is -0.305 e. The molecule has 0 saturated heterocycles. The number of rotatable bonds is 4. The summed E-state index contributed by atoms with van der Waals surface area (Å²) < 4.78 is 3.39. The number of aryl methyl sites for hydroxylation is 2. The Balaban J connectivity index is 1.76. The third kappa shape index (κ3) is 3.43. The van der Waals surface area contributed by atoms with Crippen LogP contribution in [-0.4, -0.2) is 25.5 Å². The number of amides is 1. The zero-order valence-corrected chi connectivity index (χ0v) is 13.6. The van der Waals surface area contributed by atoms with Gasteiger partial charge < -0.3 is 5.32 Å². The van der Waals surface area contributed by atoms with Crippen molar-refractivity contribution in [1.82, 2.24) is 19.6 Å². The summed E-state index contributed by atoms with van der Waals surface area (Å²) >= 11 is 6.18. The fourth-order valence-corrected chi connectivity index (χ4v) is 2.44. The molecule has 0 saturated carbocycles. The first kappa shape index (κ1) is 15.3. The Morgan fingerprint density at radius 1 is 1.35 bits per heavy atom. The second kappa shape index (κ2) is 6.26. The molecule has 0 bridgehead atoms. The zero-order chi connectivity index (χ0) is 16.4. The largest absolute Gasteiger partial charge is 0.305 e. The van der Waals surface area contributed by atoms with Gasteiger partial charge in [0.2, 0.25) is 0 Å². The van der Waals surface area contributed by atoms with Gasteiger partial charge in [0, 0.05) is 30.0 Å². The molecule has 3 rings (SSSR count). The number of halogens is 1. The average molecular weight is 330 g/mol. The van der Waals surface area contributed by atoms with E-state index in [1.54, 1.807) is 22.6 Å². The second-order valence-corrected chi connectivity index (χ2v) is 5.68. The molecule has 0 atom stereocenters. The van der Waals surface area contributed by atoms with E-state index in [-0.39, 0.29) is 5.91 Å². The molecule has 3 aromatic rings. The van der Waals surface area contributed by atoms with E-state index in [1.807, 2.05) is 37.3 Å². The van der Waals surface area contributed by atoms with Gasteiger partial charge in [0.1, 0.15) is 0 Å². The van der Waals surface area contributed by atoms with Crippen LogP contribution in [0.15, 0.2) is 42.7 Å². The Labute approximate surface area is 138 Å². The lowest BCUT2D eigenvalue weighted by atomic mass is 10.2. The third-order valence-electron chi connectivity index (χ3n) is 3.47. The highest BCUT2D eigenvalue weighted by Crippen LogP contribution is 2.18. The van der Waals surface area contributed by atoms with Gasteiger partial charge in [0.15, 0.2) is 5.82 Å². The standard InChI is InChI=1S/C16H16ClN5O/c1-11-7-15(19-16(23)13-8-18-21(2)9-13)20-22(11)10-12-5-3-4-6-14(12)17/h3-9H,10H2,1-2H3,(H,19,20,23). The molecular weight excluding hydrogens is 314 g/mol. The van der Waals surface area contributed by atoms with Gasteiger partial charge in [-0.15, -0.1) is 0 Å². The zero-order valence-electron chi connectivity index (χ0n) is 12.8. The number of hydrogen-bond acceptors (Lipinski definition) is 3. The van der Waals surface area contributed by atoms with Crippen LogP contribution in [0.3, 0.4) is 0 Å². The van der Waals surface area contributed by atoms with E-state index in [9.17, 15) is 4.79 Å². The van der Waals surface area contributed by atoms with Crippen LogP contribution in [0.4, 0.5) is 5.82 Å². The number of carbonyl (C=O) groups is 1. The lowest BCUT2D eigenvalue weighted by molar-refractivity contribution is 0.102. The van der Waals surface area contributed by atoms with Crippen LogP contribution >= 0.6 is 11.6 Å². The summed E-state index contributed by atoms with van der Waals surface area (Å²) in [6.45, 7) is 2.48. The predicted molar refractivity (Wildman–Crippen MR) is 88.7 cm³/mol. The molecule has 0 aliphatic carbocycles. The van der Waals surface area contributed by atoms with Crippen molar-refractivity contribution >= 4 is 23.3 Å². The van der Waals surface area contributed by atoms with Crippen LogP contribution in [0.25, 0.3) is 0 Å². The molecule has 0 unspecified atom stereocenters. The van der Waals surface area contributed by atoms with Gasteiger partial charge in [0.25, 0.3) is 5.91 Å². The number of nitrogens with zero attached hydrogens (tertiary/aromatic N) is 4. The molecule has 23 heavy (non-hydrogen) atoms. The van der Waals surface area contributed by atoms with E-state index in [0.29, 0.717) is 22.9 Å². The molecule has 1 aromatic carbocycles. The van der Waals surface area contributed by atoms with Crippen LogP contribution in [0.5, 0.6) is 0 Å². The number of aromatic nitrogens is 4. The minimum atomic E-state index is -0.236. The summed E-state index contributed by atoms with van der Waals surface area (Å²) in [6, 6.07) is 9.45. The van der Waals surface area contributed by atoms with Gasteiger partial charge in [-0.25, -0.2) is 0 Å². The molecule has 0 fully saturated rings. The average Bonchev–Trinajstić information content (AvgIpc) is 3.08. The van der Waals surface area contributed by atoms with Crippen molar-refractivity contribution in [2.45, 2.75) is 13.5 Å². The first-order chi connectivity index (χ1) is 11.0. The lowest BCUT2D eigenvalue weighted by Gasteiger charge is -2.06. The third-order valence-corrected chi connectivity index (χ3v) is 3.84. The fourth-order valence-electron chi connectivity index (χ4n) is 2.25. The fraction of sp³-hybridized carbons (Fsp3) is 0.188. The summed E-state index contributed by atoms with van der Waals surface area (Å²) in [5.74, 6) is 0.268. The molecule has 2 heterocycles. The maximum Gasteiger partial charge on any atom is 0.260 e. The first-order valence-electron chi connectivity index (χ1n) is 7.11.